The van der Waals surface area contributed by atoms with Gasteiger partial charge in [-0.05, 0) is 169 Å². The first-order valence-corrected chi connectivity index (χ1v) is 49.0. The number of carboxylic acids is 4. The van der Waals surface area contributed by atoms with E-state index < -0.39 is 96.1 Å². The molecule has 0 spiro atoms. The number of carbonyl (C=O) groups is 21. The van der Waals surface area contributed by atoms with E-state index >= 15 is 0 Å². The van der Waals surface area contributed by atoms with Gasteiger partial charge in [-0.15, -0.1) is 0 Å². The van der Waals surface area contributed by atoms with Gasteiger partial charge < -0.3 is 104 Å². The van der Waals surface area contributed by atoms with Crippen LogP contribution in [0, 0.1) is 0 Å². The predicted molar refractivity (Wildman–Crippen MR) is 513 cm³/mol. The molecule has 0 aliphatic carbocycles. The van der Waals surface area contributed by atoms with Gasteiger partial charge in [0.1, 0.15) is 12.3 Å². The Morgan fingerprint density at radius 1 is 0.270 bits per heavy atom. The van der Waals surface area contributed by atoms with Crippen molar-refractivity contribution in [2.45, 2.75) is 309 Å². The molecule has 7 fully saturated rings. The zero-order valence-corrected chi connectivity index (χ0v) is 83.2. The maximum Gasteiger partial charge on any atom is 0.332 e. The molecule has 4 unspecified atom stereocenters. The Balaban J connectivity index is 0.000000824. The van der Waals surface area contributed by atoms with Gasteiger partial charge in [-0.2, -0.15) is 0 Å². The van der Waals surface area contributed by atoms with Gasteiger partial charge in [-0.1, -0.05) is 70.6 Å². The summed E-state index contributed by atoms with van der Waals surface area (Å²) >= 11 is 0. The van der Waals surface area contributed by atoms with Gasteiger partial charge >= 0.3 is 65.7 Å². The van der Waals surface area contributed by atoms with E-state index in [4.69, 9.17) is 39.4 Å². The third-order valence-electron chi connectivity index (χ3n) is 22.5. The summed E-state index contributed by atoms with van der Waals surface area (Å²) in [6.07, 6.45) is 47.3. The molecule has 0 radical (unpaired) electrons. The van der Waals surface area contributed by atoms with Gasteiger partial charge in [-0.25, -0.2) is 52.7 Å². The Hall–Kier alpha value is -13.0. The number of likely N-dealkylation sites (tertiary alicyclic amines) is 7. The normalized spacial score (nSPS) is 17.0. The number of amides is 10. The molecule has 42 heteroatoms. The van der Waals surface area contributed by atoms with E-state index in [0.29, 0.717) is 97.0 Å². The van der Waals surface area contributed by atoms with Gasteiger partial charge in [0.05, 0.1) is 34.5 Å². The molecule has 7 N–H and O–H groups in total. The molecule has 7 rings (SSSR count). The number of hydrogen-bond donors (Lipinski definition) is 7. The fourth-order valence-corrected chi connectivity index (χ4v) is 14.8. The maximum absolute atomic E-state index is 11.8. The second-order valence-corrected chi connectivity index (χ2v) is 33.7. The second-order valence-electron chi connectivity index (χ2n) is 33.7. The van der Waals surface area contributed by atoms with Gasteiger partial charge in [0.2, 0.25) is 59.1 Å². The average Bonchev–Trinajstić information content (AvgIpc) is 1.91. The van der Waals surface area contributed by atoms with Gasteiger partial charge in [0.15, 0.2) is 12.5 Å². The highest BCUT2D eigenvalue weighted by Gasteiger charge is 2.29. The van der Waals surface area contributed by atoms with Crippen molar-refractivity contribution in [3.05, 3.63) is 85.1 Å². The Kier molecular flexibility index (Phi) is 70.5. The topological polar surface area (TPSA) is 563 Å². The smallest absolute Gasteiger partial charge is 0.332 e. The molecule has 0 aromatic rings. The summed E-state index contributed by atoms with van der Waals surface area (Å²) < 4.78 is 33.0. The van der Waals surface area contributed by atoms with Crippen LogP contribution in [0.3, 0.4) is 0 Å². The largest absolute Gasteiger partial charge is 0.478 e. The average molecular weight is 1990 g/mol. The SMILES string of the molecule is CC(NC(=O)C=CC(=O)O)N1CCCCCC1=O.CC(OC(=O)C=CC(=O)O)N1CCCCCC1=O.COC(=O)C=CC(=O)NC(C)N1CCCCCC1=O.COC(=O)C=CC(=O)OC(C)N1CCCCCC1=O.COC(=O)C=CC(=O)OCCCCCCN1CCCCCC1=O.O=C(O)C=CC(=O)NCCCCCCN1CCCCCC1=O.O=C(O)C=CC(=O)OCCCCCCN1CCCCCC1=O. The standard InChI is InChI=1S/C17H27NO5.C16H26N2O4.C16H25NO5.C13H20N2O4.C13H19NO5.C12H18N2O4.C12H17NO5/c1-22-16(20)10-11-17(21)23-14-8-3-2-6-12-18-13-7-4-5-9-15(18)19;19-14(9-10-16(21)22)17-11-5-1-2-6-12-18-13-7-3-4-8-15(18)20;18-14-8-4-3-6-12-17(14)11-5-1-2-7-13-22-16(21)10-9-15(19)20;1-10(14-11(16)7-8-13(18)19-2)15-9-5-3-4-6-12(15)17;1-10(14-9-5-3-4-6-11(14)15)19-13(17)8-7-12(16)18-2;1-9(13-10(15)6-7-12(17)18)14-8-4-2-3-5-11(14)16;1-9(18-12(17)7-6-11(15)16)13-8-4-2-3-5-10(13)14/h10-11H,2-9,12-14H2,1H3;9-10H,1-8,11-13H2,(H,17,19)(H,21,22);9-10H,1-8,11-13H2,(H,19,20);7-8,10H,3-6,9H2,1-2H3,(H,14,16);7-8,10H,3-6,9H2,1-2H3;6-7,9H,2-5,8H2,1H3,(H,13,15)(H,17,18);6-7,9H,2-5,8H2,1H3,(H,15,16). The summed E-state index contributed by atoms with van der Waals surface area (Å²) in [5.74, 6) is -9.49. The summed E-state index contributed by atoms with van der Waals surface area (Å²) in [7, 11) is 3.71. The Bertz CT molecular complexity index is 3940. The zero-order chi connectivity index (χ0) is 105. The third kappa shape index (κ3) is 65.6. The van der Waals surface area contributed by atoms with E-state index in [9.17, 15) is 101 Å². The molecule has 7 heterocycles. The lowest BCUT2D eigenvalue weighted by molar-refractivity contribution is -0.160. The monoisotopic (exact) mass is 1990 g/mol. The number of hydrogen-bond acceptors (Lipinski definition) is 28. The van der Waals surface area contributed by atoms with Crippen LogP contribution in [0.15, 0.2) is 85.1 Å². The first kappa shape index (κ1) is 126. The quantitative estimate of drug-likeness (QED) is 0.0129. The third-order valence-corrected chi connectivity index (χ3v) is 22.5. The lowest BCUT2D eigenvalue weighted by Gasteiger charge is -2.28. The molecular weight excluding hydrogens is 1840 g/mol. The summed E-state index contributed by atoms with van der Waals surface area (Å²) in [6, 6.07) is 0. The fourth-order valence-electron chi connectivity index (χ4n) is 14.8. The van der Waals surface area contributed by atoms with Crippen molar-refractivity contribution >= 4 is 125 Å². The lowest BCUT2D eigenvalue weighted by Crippen LogP contribution is -2.48. The molecule has 4 atom stereocenters. The van der Waals surface area contributed by atoms with Crippen LogP contribution in [0.25, 0.3) is 0 Å². The van der Waals surface area contributed by atoms with Gasteiger partial charge in [0, 0.05) is 202 Å². The molecule has 790 valence electrons. The van der Waals surface area contributed by atoms with Crippen LogP contribution in [0.1, 0.15) is 285 Å². The van der Waals surface area contributed by atoms with Crippen molar-refractivity contribution in [3.63, 3.8) is 0 Å². The lowest BCUT2D eigenvalue weighted by atomic mass is 10.2. The Labute approximate surface area is 826 Å². The summed E-state index contributed by atoms with van der Waals surface area (Å²) in [5, 5.41) is 41.4. The van der Waals surface area contributed by atoms with E-state index in [1.54, 1.807) is 42.4 Å². The molecular formula is C99H152N10O32. The number of nitrogens with one attached hydrogen (secondary N) is 3. The van der Waals surface area contributed by atoms with Crippen molar-refractivity contribution < 1.29 is 154 Å². The van der Waals surface area contributed by atoms with E-state index in [2.05, 4.69) is 30.2 Å². The predicted octanol–water partition coefficient (Wildman–Crippen LogP) is 9.06. The molecule has 0 bridgehead atoms. The number of carbonyl (C=O) groups excluding carboxylic acids is 17. The summed E-state index contributed by atoms with van der Waals surface area (Å²) in [4.78, 5) is 247. The number of esters is 7. The molecule has 10 amide bonds. The van der Waals surface area contributed by atoms with E-state index in [0.717, 1.165) is 330 Å². The Morgan fingerprint density at radius 3 is 0.837 bits per heavy atom. The number of methoxy groups -OCH3 is 3. The summed E-state index contributed by atoms with van der Waals surface area (Å²) in [5.41, 5.74) is 0. The highest BCUT2D eigenvalue weighted by Crippen LogP contribution is 2.21. The second kappa shape index (κ2) is 78.8. The van der Waals surface area contributed by atoms with Crippen LogP contribution < -0.4 is 16.0 Å². The number of aliphatic carboxylic acids is 4. The van der Waals surface area contributed by atoms with Gasteiger partial charge in [0.25, 0.3) is 0 Å². The molecule has 141 heavy (non-hydrogen) atoms. The number of rotatable bonds is 43. The molecule has 7 aliphatic heterocycles. The van der Waals surface area contributed by atoms with Crippen molar-refractivity contribution in [1.82, 2.24) is 50.2 Å². The number of nitrogens with zero attached hydrogens (tertiary/aromatic N) is 7. The summed E-state index contributed by atoms with van der Waals surface area (Å²) in [6.45, 7) is 15.5. The van der Waals surface area contributed by atoms with Crippen molar-refractivity contribution in [2.24, 2.45) is 0 Å². The highest BCUT2D eigenvalue weighted by atomic mass is 16.6. The molecule has 0 saturated carbocycles. The van der Waals surface area contributed by atoms with E-state index in [-0.39, 0.29) is 53.4 Å². The number of unbranched alkanes of at least 4 members (excludes halogenated alkanes) is 9. The van der Waals surface area contributed by atoms with Crippen LogP contribution >= 0.6 is 0 Å². The first-order valence-electron chi connectivity index (χ1n) is 49.0. The van der Waals surface area contributed by atoms with Crippen LogP contribution in [0.4, 0.5) is 0 Å². The zero-order valence-electron chi connectivity index (χ0n) is 83.2. The van der Waals surface area contributed by atoms with E-state index in [1.165, 1.54) is 26.2 Å². The van der Waals surface area contributed by atoms with Crippen molar-refractivity contribution in [3.8, 4) is 0 Å². The Morgan fingerprint density at radius 2 is 0.511 bits per heavy atom. The van der Waals surface area contributed by atoms with E-state index in [1.807, 2.05) is 14.7 Å². The molecule has 42 nitrogen and oxygen atoms in total. The van der Waals surface area contributed by atoms with Crippen LogP contribution in [-0.2, 0) is 134 Å². The number of ether oxygens (including phenoxy) is 7. The van der Waals surface area contributed by atoms with Crippen LogP contribution in [-0.4, -0.2) is 311 Å². The molecule has 7 saturated heterocycles. The minimum absolute atomic E-state index is 0.00486. The minimum atomic E-state index is -1.22. The highest BCUT2D eigenvalue weighted by molar-refractivity contribution is 5.97. The molecule has 0 aromatic carbocycles. The first-order chi connectivity index (χ1) is 67.4. The van der Waals surface area contributed by atoms with Crippen LogP contribution in [0.2, 0.25) is 0 Å². The molecule has 7 aliphatic rings. The van der Waals surface area contributed by atoms with Crippen molar-refractivity contribution in [2.75, 3.05) is 107 Å². The maximum atomic E-state index is 11.8. The number of carboxylic acid groups (broad SMARTS) is 4. The fraction of sp³-hybridized carbons (Fsp3) is 0.646. The van der Waals surface area contributed by atoms with Crippen molar-refractivity contribution in [1.29, 1.82) is 0 Å². The molecule has 0 aromatic heterocycles. The minimum Gasteiger partial charge on any atom is -0.478 e. The van der Waals surface area contributed by atoms with Crippen LogP contribution in [0.5, 0.6) is 0 Å². The van der Waals surface area contributed by atoms with Gasteiger partial charge in [-0.3, -0.25) is 47.9 Å².